The van der Waals surface area contributed by atoms with Gasteiger partial charge in [0.1, 0.15) is 0 Å². The van der Waals surface area contributed by atoms with E-state index in [4.69, 9.17) is 0 Å². The lowest BCUT2D eigenvalue weighted by Crippen LogP contribution is -2.44. The molecule has 3 nitrogen and oxygen atoms in total. The first-order valence-electron chi connectivity index (χ1n) is 7.54. The highest BCUT2D eigenvalue weighted by molar-refractivity contribution is 4.93. The predicted molar refractivity (Wildman–Crippen MR) is 71.3 cm³/mol. The molecule has 0 aromatic heterocycles. The van der Waals surface area contributed by atoms with E-state index in [1.165, 1.54) is 64.8 Å². The van der Waals surface area contributed by atoms with Crippen LogP contribution in [-0.2, 0) is 0 Å². The van der Waals surface area contributed by atoms with Crippen molar-refractivity contribution in [2.75, 3.05) is 32.7 Å². The Hall–Kier alpha value is -0.120. The molecule has 17 heavy (non-hydrogen) atoms. The third-order valence-electron chi connectivity index (χ3n) is 4.74. The number of nitrogens with one attached hydrogen (secondary N) is 1. The first-order valence-corrected chi connectivity index (χ1v) is 7.54. The number of hydrogen-bond donors (Lipinski definition) is 1. The van der Waals surface area contributed by atoms with Crippen LogP contribution in [0.3, 0.4) is 0 Å². The Labute approximate surface area is 106 Å². The number of hydrogen-bond acceptors (Lipinski definition) is 3. The highest BCUT2D eigenvalue weighted by Gasteiger charge is 2.36. The Bertz CT molecular complexity index is 252. The molecule has 3 rings (SSSR count). The molecule has 1 N–H and O–H groups in total. The third-order valence-corrected chi connectivity index (χ3v) is 4.74. The zero-order valence-corrected chi connectivity index (χ0v) is 11.2. The molecule has 2 heterocycles. The summed E-state index contributed by atoms with van der Waals surface area (Å²) < 4.78 is 0. The summed E-state index contributed by atoms with van der Waals surface area (Å²) >= 11 is 0. The van der Waals surface area contributed by atoms with Gasteiger partial charge >= 0.3 is 0 Å². The van der Waals surface area contributed by atoms with Gasteiger partial charge in [-0.25, -0.2) is 0 Å². The van der Waals surface area contributed by atoms with Crippen LogP contribution < -0.4 is 5.32 Å². The van der Waals surface area contributed by atoms with Crippen LogP contribution in [0.2, 0.25) is 0 Å². The monoisotopic (exact) mass is 237 g/mol. The van der Waals surface area contributed by atoms with Crippen molar-refractivity contribution in [2.45, 2.75) is 57.2 Å². The van der Waals surface area contributed by atoms with Gasteiger partial charge in [0.2, 0.25) is 0 Å². The molecule has 0 radical (unpaired) electrons. The molecule has 2 saturated heterocycles. The van der Waals surface area contributed by atoms with Crippen LogP contribution in [-0.4, -0.2) is 60.6 Å². The molecule has 0 amide bonds. The van der Waals surface area contributed by atoms with Gasteiger partial charge in [-0.3, -0.25) is 9.80 Å². The van der Waals surface area contributed by atoms with E-state index < -0.39 is 0 Å². The highest BCUT2D eigenvalue weighted by atomic mass is 15.3. The van der Waals surface area contributed by atoms with E-state index in [0.29, 0.717) is 6.04 Å². The Morgan fingerprint density at radius 3 is 2.53 bits per heavy atom. The second kappa shape index (κ2) is 5.25. The topological polar surface area (TPSA) is 18.5 Å². The summed E-state index contributed by atoms with van der Waals surface area (Å²) in [6, 6.07) is 2.54. The van der Waals surface area contributed by atoms with Crippen LogP contribution in [0, 0.1) is 0 Å². The largest absolute Gasteiger partial charge is 0.314 e. The van der Waals surface area contributed by atoms with Crippen molar-refractivity contribution in [3.05, 3.63) is 0 Å². The SMILES string of the molecule is CC1CCN(C2CCN(C3CC3)C2)CCCN1. The van der Waals surface area contributed by atoms with E-state index >= 15 is 0 Å². The number of nitrogens with zero attached hydrogens (tertiary/aromatic N) is 2. The summed E-state index contributed by atoms with van der Waals surface area (Å²) in [7, 11) is 0. The fraction of sp³-hybridized carbons (Fsp3) is 1.00. The maximum absolute atomic E-state index is 3.60. The fourth-order valence-electron chi connectivity index (χ4n) is 3.41. The van der Waals surface area contributed by atoms with Crippen molar-refractivity contribution in [1.29, 1.82) is 0 Å². The molecule has 2 aliphatic heterocycles. The Balaban J connectivity index is 1.51. The Kier molecular flexibility index (Phi) is 3.69. The van der Waals surface area contributed by atoms with Gasteiger partial charge in [0, 0.05) is 31.2 Å². The van der Waals surface area contributed by atoms with Crippen LogP contribution in [0.1, 0.15) is 39.0 Å². The average molecular weight is 237 g/mol. The molecular formula is C14H27N3. The standard InChI is InChI=1S/C14H27N3/c1-12-5-9-16(8-2-7-15-12)14-6-10-17(11-14)13-3-4-13/h12-15H,2-11H2,1H3. The summed E-state index contributed by atoms with van der Waals surface area (Å²) in [5.41, 5.74) is 0. The van der Waals surface area contributed by atoms with Gasteiger partial charge in [-0.05, 0) is 58.7 Å². The Morgan fingerprint density at radius 1 is 0.882 bits per heavy atom. The minimum absolute atomic E-state index is 0.707. The maximum atomic E-state index is 3.60. The minimum Gasteiger partial charge on any atom is -0.314 e. The molecule has 3 heteroatoms. The highest BCUT2D eigenvalue weighted by Crippen LogP contribution is 2.31. The van der Waals surface area contributed by atoms with Crippen LogP contribution >= 0.6 is 0 Å². The van der Waals surface area contributed by atoms with E-state index in [2.05, 4.69) is 22.0 Å². The summed E-state index contributed by atoms with van der Waals surface area (Å²) in [6.45, 7) is 8.86. The van der Waals surface area contributed by atoms with E-state index in [0.717, 1.165) is 12.1 Å². The maximum Gasteiger partial charge on any atom is 0.0235 e. The summed E-state index contributed by atoms with van der Waals surface area (Å²) in [5, 5.41) is 3.60. The minimum atomic E-state index is 0.707. The zero-order valence-electron chi connectivity index (χ0n) is 11.2. The quantitative estimate of drug-likeness (QED) is 0.781. The van der Waals surface area contributed by atoms with Crippen molar-refractivity contribution >= 4 is 0 Å². The molecule has 0 aromatic rings. The van der Waals surface area contributed by atoms with Gasteiger partial charge in [-0.2, -0.15) is 0 Å². The number of rotatable bonds is 2. The van der Waals surface area contributed by atoms with Crippen LogP contribution in [0.25, 0.3) is 0 Å². The molecule has 2 unspecified atom stereocenters. The average Bonchev–Trinajstić information content (AvgIpc) is 3.04. The van der Waals surface area contributed by atoms with E-state index in [-0.39, 0.29) is 0 Å². The predicted octanol–water partition coefficient (Wildman–Crippen LogP) is 1.30. The zero-order chi connectivity index (χ0) is 11.7. The molecule has 3 fully saturated rings. The van der Waals surface area contributed by atoms with Gasteiger partial charge in [0.05, 0.1) is 0 Å². The molecule has 3 aliphatic rings. The van der Waals surface area contributed by atoms with Gasteiger partial charge in [0.15, 0.2) is 0 Å². The smallest absolute Gasteiger partial charge is 0.0235 e. The molecule has 2 atom stereocenters. The first kappa shape index (κ1) is 11.9. The van der Waals surface area contributed by atoms with Gasteiger partial charge < -0.3 is 5.32 Å². The Morgan fingerprint density at radius 2 is 1.71 bits per heavy atom. The summed E-state index contributed by atoms with van der Waals surface area (Å²) in [5.74, 6) is 0. The van der Waals surface area contributed by atoms with Crippen molar-refractivity contribution in [1.82, 2.24) is 15.1 Å². The molecule has 98 valence electrons. The van der Waals surface area contributed by atoms with Gasteiger partial charge in [0.25, 0.3) is 0 Å². The molecule has 0 bridgehead atoms. The van der Waals surface area contributed by atoms with Gasteiger partial charge in [-0.1, -0.05) is 0 Å². The second-order valence-electron chi connectivity index (χ2n) is 6.20. The second-order valence-corrected chi connectivity index (χ2v) is 6.20. The van der Waals surface area contributed by atoms with E-state index in [9.17, 15) is 0 Å². The molecule has 0 spiro atoms. The van der Waals surface area contributed by atoms with Crippen molar-refractivity contribution in [3.63, 3.8) is 0 Å². The van der Waals surface area contributed by atoms with Crippen molar-refractivity contribution < 1.29 is 0 Å². The van der Waals surface area contributed by atoms with Gasteiger partial charge in [-0.15, -0.1) is 0 Å². The summed E-state index contributed by atoms with van der Waals surface area (Å²) in [4.78, 5) is 5.52. The molecular weight excluding hydrogens is 210 g/mol. The van der Waals surface area contributed by atoms with Crippen LogP contribution in [0.4, 0.5) is 0 Å². The van der Waals surface area contributed by atoms with E-state index in [1.54, 1.807) is 0 Å². The number of likely N-dealkylation sites (tertiary alicyclic amines) is 1. The fourth-order valence-corrected chi connectivity index (χ4v) is 3.41. The van der Waals surface area contributed by atoms with Crippen molar-refractivity contribution in [2.24, 2.45) is 0 Å². The van der Waals surface area contributed by atoms with Crippen LogP contribution in [0.15, 0.2) is 0 Å². The first-order chi connectivity index (χ1) is 8.33. The lowest BCUT2D eigenvalue weighted by molar-refractivity contribution is 0.170. The molecule has 1 saturated carbocycles. The van der Waals surface area contributed by atoms with E-state index in [1.807, 2.05) is 0 Å². The lowest BCUT2D eigenvalue weighted by atomic mass is 10.1. The third kappa shape index (κ3) is 3.01. The van der Waals surface area contributed by atoms with Crippen LogP contribution in [0.5, 0.6) is 0 Å². The lowest BCUT2D eigenvalue weighted by Gasteiger charge is -2.32. The normalized spacial score (nSPS) is 37.9. The molecule has 1 aliphatic carbocycles. The molecule has 0 aromatic carbocycles. The summed E-state index contributed by atoms with van der Waals surface area (Å²) in [6.07, 6.45) is 6.99. The van der Waals surface area contributed by atoms with Crippen molar-refractivity contribution in [3.8, 4) is 0 Å².